The summed E-state index contributed by atoms with van der Waals surface area (Å²) < 4.78 is 7.34. The van der Waals surface area contributed by atoms with E-state index in [1.165, 1.54) is 0 Å². The summed E-state index contributed by atoms with van der Waals surface area (Å²) in [6.07, 6.45) is 3.99. The maximum atomic E-state index is 6.07. The van der Waals surface area contributed by atoms with E-state index in [2.05, 4.69) is 15.2 Å². The SMILES string of the molecule is CCc1ccc(-c2nnc3cncc(Cl)n23)o1. The highest BCUT2D eigenvalue weighted by atomic mass is 35.5. The molecule has 0 saturated carbocycles. The van der Waals surface area contributed by atoms with Gasteiger partial charge in [0, 0.05) is 6.42 Å². The van der Waals surface area contributed by atoms with E-state index >= 15 is 0 Å². The van der Waals surface area contributed by atoms with Gasteiger partial charge in [0.25, 0.3) is 0 Å². The van der Waals surface area contributed by atoms with E-state index < -0.39 is 0 Å². The van der Waals surface area contributed by atoms with Crippen molar-refractivity contribution in [2.45, 2.75) is 13.3 Å². The molecule has 0 atom stereocenters. The minimum absolute atomic E-state index is 0.456. The van der Waals surface area contributed by atoms with Crippen LogP contribution in [0.1, 0.15) is 12.7 Å². The van der Waals surface area contributed by atoms with Crippen molar-refractivity contribution < 1.29 is 4.42 Å². The molecular weight excluding hydrogens is 240 g/mol. The van der Waals surface area contributed by atoms with Gasteiger partial charge in [0.2, 0.25) is 5.82 Å². The van der Waals surface area contributed by atoms with Crippen LogP contribution in [0.15, 0.2) is 28.9 Å². The summed E-state index contributed by atoms with van der Waals surface area (Å²) in [5.41, 5.74) is 0.599. The highest BCUT2D eigenvalue weighted by Crippen LogP contribution is 2.23. The number of aromatic nitrogens is 4. The van der Waals surface area contributed by atoms with Crippen LogP contribution < -0.4 is 0 Å². The van der Waals surface area contributed by atoms with Crippen molar-refractivity contribution in [2.24, 2.45) is 0 Å². The Kier molecular flexibility index (Phi) is 2.33. The molecule has 0 aliphatic carbocycles. The number of fused-ring (bicyclic) bond motifs is 1. The van der Waals surface area contributed by atoms with Crippen molar-refractivity contribution in [1.82, 2.24) is 19.6 Å². The number of nitrogens with zero attached hydrogens (tertiary/aromatic N) is 4. The highest BCUT2D eigenvalue weighted by Gasteiger charge is 2.14. The second-order valence-corrected chi connectivity index (χ2v) is 3.95. The number of aryl methyl sites for hydroxylation is 1. The fourth-order valence-electron chi connectivity index (χ4n) is 1.66. The average molecular weight is 249 g/mol. The number of hydrogen-bond donors (Lipinski definition) is 0. The van der Waals surface area contributed by atoms with E-state index in [4.69, 9.17) is 16.0 Å². The third-order valence-electron chi connectivity index (χ3n) is 2.50. The molecule has 0 fully saturated rings. The van der Waals surface area contributed by atoms with Crippen molar-refractivity contribution in [3.8, 4) is 11.6 Å². The minimum Gasteiger partial charge on any atom is -0.458 e. The first kappa shape index (κ1) is 10.3. The Labute approximate surface area is 102 Å². The Balaban J connectivity index is 2.23. The first-order valence-corrected chi connectivity index (χ1v) is 5.61. The normalized spacial score (nSPS) is 11.2. The van der Waals surface area contributed by atoms with Crippen molar-refractivity contribution in [2.75, 3.05) is 0 Å². The van der Waals surface area contributed by atoms with Gasteiger partial charge < -0.3 is 4.42 Å². The van der Waals surface area contributed by atoms with Crippen LogP contribution >= 0.6 is 11.6 Å². The number of furan rings is 1. The van der Waals surface area contributed by atoms with Crippen LogP contribution in [0.25, 0.3) is 17.2 Å². The van der Waals surface area contributed by atoms with E-state index in [0.29, 0.717) is 22.4 Å². The number of halogens is 1. The lowest BCUT2D eigenvalue weighted by molar-refractivity contribution is 0.525. The molecule has 0 aliphatic rings. The lowest BCUT2D eigenvalue weighted by Crippen LogP contribution is -1.91. The van der Waals surface area contributed by atoms with Gasteiger partial charge in [0.1, 0.15) is 10.9 Å². The van der Waals surface area contributed by atoms with E-state index in [0.717, 1.165) is 12.2 Å². The summed E-state index contributed by atoms with van der Waals surface area (Å²) in [4.78, 5) is 3.95. The summed E-state index contributed by atoms with van der Waals surface area (Å²) >= 11 is 6.07. The molecule has 0 bridgehead atoms. The molecule has 3 aromatic rings. The van der Waals surface area contributed by atoms with Crippen LogP contribution in [0.5, 0.6) is 0 Å². The van der Waals surface area contributed by atoms with Crippen LogP contribution in [0.2, 0.25) is 5.15 Å². The fourth-order valence-corrected chi connectivity index (χ4v) is 1.88. The zero-order chi connectivity index (χ0) is 11.8. The first-order valence-electron chi connectivity index (χ1n) is 5.23. The van der Waals surface area contributed by atoms with Gasteiger partial charge in [-0.25, -0.2) is 0 Å². The van der Waals surface area contributed by atoms with Crippen LogP contribution in [-0.4, -0.2) is 19.6 Å². The van der Waals surface area contributed by atoms with Gasteiger partial charge in [-0.05, 0) is 12.1 Å². The van der Waals surface area contributed by atoms with Crippen molar-refractivity contribution in [3.05, 3.63) is 35.4 Å². The fraction of sp³-hybridized carbons (Fsp3) is 0.182. The van der Waals surface area contributed by atoms with E-state index in [9.17, 15) is 0 Å². The molecule has 0 amide bonds. The van der Waals surface area contributed by atoms with Gasteiger partial charge in [-0.2, -0.15) is 0 Å². The third-order valence-corrected chi connectivity index (χ3v) is 2.77. The Morgan fingerprint density at radius 3 is 2.94 bits per heavy atom. The van der Waals surface area contributed by atoms with Gasteiger partial charge in [0.15, 0.2) is 11.4 Å². The predicted octanol–water partition coefficient (Wildman–Crippen LogP) is 2.60. The molecule has 5 nitrogen and oxygen atoms in total. The quantitative estimate of drug-likeness (QED) is 0.700. The van der Waals surface area contributed by atoms with Crippen molar-refractivity contribution >= 4 is 17.2 Å². The Hall–Kier alpha value is -1.88. The van der Waals surface area contributed by atoms with Gasteiger partial charge in [0.05, 0.1) is 12.4 Å². The van der Waals surface area contributed by atoms with Crippen LogP contribution in [0, 0.1) is 0 Å². The van der Waals surface area contributed by atoms with Crippen molar-refractivity contribution in [3.63, 3.8) is 0 Å². The topological polar surface area (TPSA) is 56.2 Å². The van der Waals surface area contributed by atoms with E-state index in [1.54, 1.807) is 16.8 Å². The number of rotatable bonds is 2. The molecule has 3 rings (SSSR count). The Morgan fingerprint density at radius 2 is 2.18 bits per heavy atom. The average Bonchev–Trinajstić information content (AvgIpc) is 2.94. The molecule has 0 aromatic carbocycles. The largest absolute Gasteiger partial charge is 0.458 e. The number of hydrogen-bond acceptors (Lipinski definition) is 4. The van der Waals surface area contributed by atoms with Gasteiger partial charge in [-0.15, -0.1) is 10.2 Å². The predicted molar refractivity (Wildman–Crippen MR) is 62.9 cm³/mol. The second kappa shape index (κ2) is 3.85. The molecule has 0 aliphatic heterocycles. The zero-order valence-electron chi connectivity index (χ0n) is 9.09. The lowest BCUT2D eigenvalue weighted by atomic mass is 10.3. The summed E-state index contributed by atoms with van der Waals surface area (Å²) in [6, 6.07) is 3.79. The molecule has 86 valence electrons. The lowest BCUT2D eigenvalue weighted by Gasteiger charge is -1.98. The molecule has 0 unspecified atom stereocenters. The monoisotopic (exact) mass is 248 g/mol. The van der Waals surface area contributed by atoms with Crippen LogP contribution in [0.3, 0.4) is 0 Å². The van der Waals surface area contributed by atoms with Gasteiger partial charge in [-0.1, -0.05) is 18.5 Å². The third kappa shape index (κ3) is 1.59. The summed E-state index contributed by atoms with van der Waals surface area (Å²) in [7, 11) is 0. The Morgan fingerprint density at radius 1 is 1.29 bits per heavy atom. The molecule has 17 heavy (non-hydrogen) atoms. The highest BCUT2D eigenvalue weighted by molar-refractivity contribution is 6.29. The van der Waals surface area contributed by atoms with Crippen LogP contribution in [-0.2, 0) is 6.42 Å². The van der Waals surface area contributed by atoms with E-state index in [1.807, 2.05) is 19.1 Å². The molecule has 3 aromatic heterocycles. The van der Waals surface area contributed by atoms with Crippen LogP contribution in [0.4, 0.5) is 0 Å². The summed E-state index contributed by atoms with van der Waals surface area (Å²) in [5, 5.41) is 8.52. The van der Waals surface area contributed by atoms with Crippen molar-refractivity contribution in [1.29, 1.82) is 0 Å². The molecule has 0 spiro atoms. The maximum Gasteiger partial charge on any atom is 0.205 e. The van der Waals surface area contributed by atoms with Gasteiger partial charge in [-0.3, -0.25) is 9.38 Å². The smallest absolute Gasteiger partial charge is 0.205 e. The second-order valence-electron chi connectivity index (χ2n) is 3.57. The Bertz CT molecular complexity index is 673. The molecule has 6 heteroatoms. The molecule has 3 heterocycles. The minimum atomic E-state index is 0.456. The maximum absolute atomic E-state index is 6.07. The zero-order valence-corrected chi connectivity index (χ0v) is 9.85. The first-order chi connectivity index (χ1) is 8.29. The standard InChI is InChI=1S/C11H9ClN4O/c1-2-7-3-4-8(17-7)11-15-14-10-6-13-5-9(12)16(10)11/h3-6H,2H2,1H3. The molecule has 0 saturated heterocycles. The summed E-state index contributed by atoms with van der Waals surface area (Å²) in [5.74, 6) is 2.15. The van der Waals surface area contributed by atoms with Gasteiger partial charge >= 0.3 is 0 Å². The molecular formula is C11H9ClN4O. The van der Waals surface area contributed by atoms with E-state index in [-0.39, 0.29) is 0 Å². The summed E-state index contributed by atoms with van der Waals surface area (Å²) in [6.45, 7) is 2.03. The molecule has 0 N–H and O–H groups in total. The molecule has 0 radical (unpaired) electrons.